The molecule has 4 nitrogen and oxygen atoms in total. The zero-order chi connectivity index (χ0) is 11.9. The van der Waals surface area contributed by atoms with Gasteiger partial charge in [-0.15, -0.1) is 0 Å². The minimum absolute atomic E-state index is 0.0833. The highest BCUT2D eigenvalue weighted by molar-refractivity contribution is 5.90. The Morgan fingerprint density at radius 2 is 1.94 bits per heavy atom. The van der Waals surface area contributed by atoms with Crippen molar-refractivity contribution in [2.75, 3.05) is 0 Å². The summed E-state index contributed by atoms with van der Waals surface area (Å²) in [5.74, 6) is -1.62. The highest BCUT2D eigenvalue weighted by Gasteiger charge is 2.46. The molecule has 16 heavy (non-hydrogen) atoms. The van der Waals surface area contributed by atoms with E-state index in [0.29, 0.717) is 5.92 Å². The molecule has 1 unspecified atom stereocenters. The van der Waals surface area contributed by atoms with Crippen molar-refractivity contribution in [1.29, 1.82) is 0 Å². The quantitative estimate of drug-likeness (QED) is 0.763. The molecule has 1 fully saturated rings. The minimum atomic E-state index is -1.04. The van der Waals surface area contributed by atoms with E-state index in [4.69, 9.17) is 5.11 Å². The number of aliphatic carboxylic acids is 2. The van der Waals surface area contributed by atoms with Crippen LogP contribution in [0.15, 0.2) is 23.3 Å². The van der Waals surface area contributed by atoms with Crippen LogP contribution in [0.25, 0.3) is 0 Å². The Balaban J connectivity index is 2.38. The van der Waals surface area contributed by atoms with E-state index in [1.54, 1.807) is 19.1 Å². The average Bonchev–Trinajstić information content (AvgIpc) is 3.00. The lowest BCUT2D eigenvalue weighted by atomic mass is 9.72. The third-order valence-electron chi connectivity index (χ3n) is 3.41. The third kappa shape index (κ3) is 1.64. The first-order valence-electron chi connectivity index (χ1n) is 5.33. The average molecular weight is 222 g/mol. The Bertz CT molecular complexity index is 415. The van der Waals surface area contributed by atoms with Gasteiger partial charge in [-0.3, -0.25) is 4.79 Å². The zero-order valence-corrected chi connectivity index (χ0v) is 9.06. The van der Waals surface area contributed by atoms with Gasteiger partial charge in [0.2, 0.25) is 0 Å². The van der Waals surface area contributed by atoms with Crippen LogP contribution in [-0.2, 0) is 9.59 Å². The van der Waals surface area contributed by atoms with Crippen LogP contribution in [0.4, 0.5) is 0 Å². The van der Waals surface area contributed by atoms with E-state index in [2.05, 4.69) is 0 Å². The van der Waals surface area contributed by atoms with E-state index in [1.165, 1.54) is 0 Å². The first kappa shape index (κ1) is 10.9. The molecule has 0 aromatic rings. The SMILES string of the molecule is CC1(C(=O)O)CC(C(=O)O)=CC=C1C1CC1. The number of carboxylic acid groups (broad SMARTS) is 2. The Morgan fingerprint density at radius 3 is 2.38 bits per heavy atom. The normalized spacial score (nSPS) is 29.3. The van der Waals surface area contributed by atoms with Gasteiger partial charge in [-0.2, -0.15) is 0 Å². The predicted octanol–water partition coefficient (Wildman–Crippen LogP) is 1.83. The second-order valence-electron chi connectivity index (χ2n) is 4.71. The fourth-order valence-corrected chi connectivity index (χ4v) is 2.24. The smallest absolute Gasteiger partial charge is 0.331 e. The number of rotatable bonds is 3. The van der Waals surface area contributed by atoms with Crippen LogP contribution < -0.4 is 0 Å². The maximum absolute atomic E-state index is 11.3. The Morgan fingerprint density at radius 1 is 1.31 bits per heavy atom. The first-order chi connectivity index (χ1) is 7.45. The van der Waals surface area contributed by atoms with Gasteiger partial charge in [0, 0.05) is 5.57 Å². The molecular weight excluding hydrogens is 208 g/mol. The van der Waals surface area contributed by atoms with Crippen LogP contribution in [0, 0.1) is 11.3 Å². The Labute approximate surface area is 93.3 Å². The highest BCUT2D eigenvalue weighted by atomic mass is 16.4. The first-order valence-corrected chi connectivity index (χ1v) is 5.33. The fraction of sp³-hybridized carbons (Fsp3) is 0.500. The fourth-order valence-electron chi connectivity index (χ4n) is 2.24. The summed E-state index contributed by atoms with van der Waals surface area (Å²) in [4.78, 5) is 22.2. The Hall–Kier alpha value is -1.58. The van der Waals surface area contributed by atoms with E-state index >= 15 is 0 Å². The van der Waals surface area contributed by atoms with Crippen LogP contribution in [0.1, 0.15) is 26.2 Å². The zero-order valence-electron chi connectivity index (χ0n) is 9.06. The minimum Gasteiger partial charge on any atom is -0.481 e. The summed E-state index contributed by atoms with van der Waals surface area (Å²) in [7, 11) is 0. The molecule has 2 N–H and O–H groups in total. The summed E-state index contributed by atoms with van der Waals surface area (Å²) in [6, 6.07) is 0. The Kier molecular flexibility index (Phi) is 2.37. The lowest BCUT2D eigenvalue weighted by molar-refractivity contribution is -0.146. The lowest BCUT2D eigenvalue weighted by Crippen LogP contribution is -2.34. The van der Waals surface area contributed by atoms with Gasteiger partial charge >= 0.3 is 11.9 Å². The molecule has 86 valence electrons. The number of allylic oxidation sites excluding steroid dienone is 2. The molecular formula is C12H14O4. The summed E-state index contributed by atoms with van der Waals surface area (Å²) in [6.07, 6.45) is 5.36. The molecule has 0 amide bonds. The highest BCUT2D eigenvalue weighted by Crippen LogP contribution is 2.49. The van der Waals surface area contributed by atoms with Crippen molar-refractivity contribution in [3.63, 3.8) is 0 Å². The van der Waals surface area contributed by atoms with Crippen molar-refractivity contribution in [3.8, 4) is 0 Å². The topological polar surface area (TPSA) is 74.6 Å². The molecule has 0 heterocycles. The number of hydrogen-bond acceptors (Lipinski definition) is 2. The molecule has 1 saturated carbocycles. The molecule has 0 aromatic carbocycles. The van der Waals surface area contributed by atoms with Crippen molar-refractivity contribution in [3.05, 3.63) is 23.3 Å². The predicted molar refractivity (Wildman–Crippen MR) is 56.9 cm³/mol. The standard InChI is InChI=1S/C12H14O4/c1-12(11(15)16)6-8(10(13)14)4-5-9(12)7-2-3-7/h4-5,7H,2-3,6H2,1H3,(H,13,14)(H,15,16). The van der Waals surface area contributed by atoms with Crippen LogP contribution in [0.3, 0.4) is 0 Å². The summed E-state index contributed by atoms with van der Waals surface area (Å²) in [5.41, 5.74) is 0.0169. The summed E-state index contributed by atoms with van der Waals surface area (Å²) in [5, 5.41) is 18.2. The van der Waals surface area contributed by atoms with Crippen molar-refractivity contribution in [1.82, 2.24) is 0 Å². The molecule has 0 saturated heterocycles. The molecule has 2 aliphatic carbocycles. The van der Waals surface area contributed by atoms with Crippen LogP contribution in [0.2, 0.25) is 0 Å². The van der Waals surface area contributed by atoms with Gasteiger partial charge in [-0.05, 0) is 37.7 Å². The van der Waals surface area contributed by atoms with Crippen LogP contribution >= 0.6 is 0 Å². The van der Waals surface area contributed by atoms with Gasteiger partial charge in [0.15, 0.2) is 0 Å². The van der Waals surface area contributed by atoms with Crippen LogP contribution in [-0.4, -0.2) is 22.2 Å². The molecule has 4 heteroatoms. The maximum atomic E-state index is 11.3. The second kappa shape index (κ2) is 3.47. The van der Waals surface area contributed by atoms with Crippen LogP contribution in [0.5, 0.6) is 0 Å². The van der Waals surface area contributed by atoms with Gasteiger partial charge in [-0.1, -0.05) is 12.2 Å². The van der Waals surface area contributed by atoms with Gasteiger partial charge in [0.1, 0.15) is 0 Å². The number of carboxylic acids is 2. The van der Waals surface area contributed by atoms with Gasteiger partial charge in [0.25, 0.3) is 0 Å². The van der Waals surface area contributed by atoms with E-state index in [0.717, 1.165) is 18.4 Å². The molecule has 0 spiro atoms. The second-order valence-corrected chi connectivity index (χ2v) is 4.71. The summed E-state index contributed by atoms with van der Waals surface area (Å²) < 4.78 is 0. The van der Waals surface area contributed by atoms with Gasteiger partial charge < -0.3 is 10.2 Å². The van der Waals surface area contributed by atoms with Crippen molar-refractivity contribution in [2.24, 2.45) is 11.3 Å². The molecule has 2 aliphatic rings. The molecule has 0 aliphatic heterocycles. The maximum Gasteiger partial charge on any atom is 0.331 e. The largest absolute Gasteiger partial charge is 0.481 e. The number of hydrogen-bond donors (Lipinski definition) is 2. The van der Waals surface area contributed by atoms with E-state index in [-0.39, 0.29) is 12.0 Å². The molecule has 2 rings (SSSR count). The number of carbonyl (C=O) groups is 2. The summed E-state index contributed by atoms with van der Waals surface area (Å²) in [6.45, 7) is 1.62. The van der Waals surface area contributed by atoms with E-state index in [1.807, 2.05) is 0 Å². The molecule has 1 atom stereocenters. The monoisotopic (exact) mass is 222 g/mol. The van der Waals surface area contributed by atoms with E-state index < -0.39 is 17.4 Å². The molecule has 0 aromatic heterocycles. The van der Waals surface area contributed by atoms with Gasteiger partial charge in [-0.25, -0.2) is 4.79 Å². The molecule has 0 bridgehead atoms. The molecule has 0 radical (unpaired) electrons. The van der Waals surface area contributed by atoms with Gasteiger partial charge in [0.05, 0.1) is 5.41 Å². The van der Waals surface area contributed by atoms with Crippen molar-refractivity contribution >= 4 is 11.9 Å². The third-order valence-corrected chi connectivity index (χ3v) is 3.41. The van der Waals surface area contributed by atoms with Crippen molar-refractivity contribution in [2.45, 2.75) is 26.2 Å². The van der Waals surface area contributed by atoms with E-state index in [9.17, 15) is 14.7 Å². The lowest BCUT2D eigenvalue weighted by Gasteiger charge is -2.31. The summed E-state index contributed by atoms with van der Waals surface area (Å²) >= 11 is 0. The van der Waals surface area contributed by atoms with Crippen molar-refractivity contribution < 1.29 is 19.8 Å².